The summed E-state index contributed by atoms with van der Waals surface area (Å²) < 4.78 is 11.1. The van der Waals surface area contributed by atoms with Gasteiger partial charge in [-0.3, -0.25) is 0 Å². The Labute approximate surface area is 511 Å². The first-order chi connectivity index (χ1) is 42.6. The van der Waals surface area contributed by atoms with Gasteiger partial charge in [0.15, 0.2) is 11.5 Å². The van der Waals surface area contributed by atoms with Crippen molar-refractivity contribution in [3.8, 4) is 109 Å². The summed E-state index contributed by atoms with van der Waals surface area (Å²) in [7, 11) is 0. The third-order valence-corrected chi connectivity index (χ3v) is 20.3. The number of anilines is 3. The van der Waals surface area contributed by atoms with Crippen LogP contribution in [0.15, 0.2) is 273 Å². The van der Waals surface area contributed by atoms with Gasteiger partial charge in [-0.1, -0.05) is 158 Å². The van der Waals surface area contributed by atoms with Crippen LogP contribution in [0.3, 0.4) is 0 Å². The maximum atomic E-state index is 6.53. The summed E-state index contributed by atoms with van der Waals surface area (Å²) in [5.74, 6) is 1.61. The molecule has 0 aliphatic carbocycles. The van der Waals surface area contributed by atoms with Gasteiger partial charge in [0.05, 0.1) is 52.2 Å². The van der Waals surface area contributed by atoms with E-state index >= 15 is 0 Å². The number of ether oxygens (including phenoxy) is 1. The molecule has 0 radical (unpaired) electrons. The van der Waals surface area contributed by atoms with Crippen molar-refractivity contribution in [3.05, 3.63) is 273 Å². The number of hydrogen-bond donors (Lipinski definition) is 0. The molecule has 0 saturated heterocycles. The normalized spacial score (nSPS) is 12.0. The molecule has 4 aromatic heterocycles. The zero-order valence-electron chi connectivity index (χ0n) is 45.8. The molecule has 0 bridgehead atoms. The molecule has 12 aromatic carbocycles. The molecule has 0 amide bonds. The Morgan fingerprint density at radius 2 is 0.581 bits per heavy atom. The van der Waals surface area contributed by atoms with E-state index in [1.165, 1.54) is 0 Å². The molecule has 86 heavy (non-hydrogen) atoms. The Morgan fingerprint density at radius 1 is 0.256 bits per heavy atom. The van der Waals surface area contributed by atoms with Crippen molar-refractivity contribution >= 4 is 103 Å². The van der Waals surface area contributed by atoms with Crippen LogP contribution in [-0.4, -0.2) is 19.9 Å². The lowest BCUT2D eigenvalue weighted by atomic mass is 9.78. The molecule has 0 saturated carbocycles. The van der Waals surface area contributed by atoms with Crippen molar-refractivity contribution in [3.63, 3.8) is 0 Å². The largest absolute Gasteiger partial charge is 0.453 e. The average Bonchev–Trinajstić information content (AvgIpc) is 1.30. The summed E-state index contributed by atoms with van der Waals surface area (Å²) in [6, 6.07) is 97.8. The highest BCUT2D eigenvalue weighted by Gasteiger charge is 2.29. The fraction of sp³-hybridized carbons (Fsp3) is 0. The monoisotopic (exact) mass is 1170 g/mol. The number of benzene rings is 12. The number of fused-ring (bicyclic) bond motifs is 6. The minimum atomic E-state index is 0.805. The van der Waals surface area contributed by atoms with Gasteiger partial charge in [-0.25, -0.2) is 19.9 Å². The molecule has 5 heterocycles. The van der Waals surface area contributed by atoms with Crippen molar-refractivity contribution in [1.29, 1.82) is 0 Å². The number of aromatic nitrogens is 4. The lowest BCUT2D eigenvalue weighted by Gasteiger charge is -2.33. The predicted octanol–water partition coefficient (Wildman–Crippen LogP) is 22.7. The first-order valence-corrected chi connectivity index (χ1v) is 31.7. The molecule has 0 atom stereocenters. The molecule has 404 valence electrons. The van der Waals surface area contributed by atoms with E-state index in [4.69, 9.17) is 24.7 Å². The van der Waals surface area contributed by atoms with Gasteiger partial charge in [0.25, 0.3) is 0 Å². The van der Waals surface area contributed by atoms with Crippen LogP contribution in [0, 0.1) is 0 Å². The number of para-hydroxylation sites is 8. The molecular weight excluding hydrogens is 1130 g/mol. The molecule has 0 unspecified atom stereocenters. The Morgan fingerprint density at radius 3 is 0.965 bits per heavy atom. The molecule has 1 aliphatic heterocycles. The van der Waals surface area contributed by atoms with Gasteiger partial charge in [0.2, 0.25) is 0 Å². The van der Waals surface area contributed by atoms with E-state index < -0.39 is 0 Å². The number of nitrogens with zero attached hydrogens (tertiary/aromatic N) is 5. The van der Waals surface area contributed by atoms with Crippen LogP contribution in [-0.2, 0) is 0 Å². The number of rotatable bonds is 10. The third kappa shape index (κ3) is 8.89. The van der Waals surface area contributed by atoms with E-state index in [1.54, 1.807) is 45.3 Å². The van der Waals surface area contributed by atoms with Crippen molar-refractivity contribution in [1.82, 2.24) is 19.9 Å². The van der Waals surface area contributed by atoms with E-state index in [0.717, 1.165) is 167 Å². The highest BCUT2D eigenvalue weighted by atomic mass is 32.1. The van der Waals surface area contributed by atoms with Crippen LogP contribution in [0.5, 0.6) is 11.5 Å². The SMILES string of the molecule is c1cc(-c2nc3ccccc3s2)cc(-c2cc(-c3cccc(-c4nc5ccccc5s4)c3)c(-c3cccc(-c4nc5ccccc5s4)c3)c(-c3ccc(N4c5ccccc5Oc5ccccc54)cc3)c2-c2cccc(-c3nc4ccccc4s3)c2)c1. The van der Waals surface area contributed by atoms with Gasteiger partial charge in [0, 0.05) is 27.9 Å². The van der Waals surface area contributed by atoms with E-state index in [9.17, 15) is 0 Å². The Kier molecular flexibility index (Phi) is 12.2. The maximum absolute atomic E-state index is 6.53. The average molecular weight is 1170 g/mol. The molecule has 10 heteroatoms. The minimum Gasteiger partial charge on any atom is -0.453 e. The second kappa shape index (κ2) is 20.8. The van der Waals surface area contributed by atoms with E-state index in [-0.39, 0.29) is 0 Å². The van der Waals surface area contributed by atoms with E-state index in [0.29, 0.717) is 0 Å². The fourth-order valence-corrected chi connectivity index (χ4v) is 15.9. The molecule has 1 aliphatic rings. The van der Waals surface area contributed by atoms with Crippen molar-refractivity contribution in [2.45, 2.75) is 0 Å². The van der Waals surface area contributed by atoms with Crippen LogP contribution in [0.2, 0.25) is 0 Å². The van der Waals surface area contributed by atoms with E-state index in [2.05, 4.69) is 254 Å². The van der Waals surface area contributed by atoms with Crippen LogP contribution in [0.1, 0.15) is 0 Å². The zero-order chi connectivity index (χ0) is 56.7. The fourth-order valence-electron chi connectivity index (χ4n) is 12.0. The Bertz CT molecular complexity index is 4890. The first kappa shape index (κ1) is 50.3. The van der Waals surface area contributed by atoms with Gasteiger partial charge in [0.1, 0.15) is 20.0 Å². The van der Waals surface area contributed by atoms with Crippen LogP contribution in [0.4, 0.5) is 17.1 Å². The quantitative estimate of drug-likeness (QED) is 0.136. The summed E-state index contributed by atoms with van der Waals surface area (Å²) in [6.45, 7) is 0. The number of hydrogen-bond acceptors (Lipinski definition) is 10. The Hall–Kier alpha value is -10.2. The highest BCUT2D eigenvalue weighted by Crippen LogP contribution is 2.54. The van der Waals surface area contributed by atoms with Gasteiger partial charge in [-0.05, 0) is 171 Å². The van der Waals surface area contributed by atoms with Gasteiger partial charge >= 0.3 is 0 Å². The molecule has 6 nitrogen and oxygen atoms in total. The summed E-state index contributed by atoms with van der Waals surface area (Å²) in [5, 5.41) is 3.89. The van der Waals surface area contributed by atoms with Crippen LogP contribution >= 0.6 is 45.3 Å². The third-order valence-electron chi connectivity index (χ3n) is 16.0. The topological polar surface area (TPSA) is 64.0 Å². The molecule has 17 rings (SSSR count). The summed E-state index contributed by atoms with van der Waals surface area (Å²) >= 11 is 6.90. The first-order valence-electron chi connectivity index (χ1n) is 28.4. The maximum Gasteiger partial charge on any atom is 0.151 e. The molecular formula is C76H45N5OS4. The summed E-state index contributed by atoms with van der Waals surface area (Å²) in [5.41, 5.74) is 21.9. The molecule has 0 fully saturated rings. The van der Waals surface area contributed by atoms with Gasteiger partial charge < -0.3 is 9.64 Å². The van der Waals surface area contributed by atoms with Gasteiger partial charge in [-0.15, -0.1) is 45.3 Å². The van der Waals surface area contributed by atoms with Gasteiger partial charge in [-0.2, -0.15) is 0 Å². The zero-order valence-corrected chi connectivity index (χ0v) is 49.0. The highest BCUT2D eigenvalue weighted by molar-refractivity contribution is 7.22. The standard InChI is InChI=1S/C76H45N5OS4/c1-9-33-66-58(25-1)77-73(83-66)51-21-13-17-47(41-51)56-45-57(48-18-14-22-52(42-48)74-78-59-26-2-10-34-67(59)84-74)71(50-20-16-24-54(44-50)76-80-61-28-4-12-36-69(61)86-76)72(70(56)49-19-15-23-53(43-49)75-79-60-27-3-11-35-68(60)85-75)46-37-39-55(40-38-46)81-62-29-5-7-31-64(62)82-65-32-8-6-30-63(65)81/h1-45H. The lowest BCUT2D eigenvalue weighted by molar-refractivity contribution is 0.477. The predicted molar refractivity (Wildman–Crippen MR) is 363 cm³/mol. The minimum absolute atomic E-state index is 0.805. The van der Waals surface area contributed by atoms with Crippen LogP contribution in [0.25, 0.3) is 139 Å². The van der Waals surface area contributed by atoms with Crippen molar-refractivity contribution in [2.75, 3.05) is 4.90 Å². The molecule has 0 spiro atoms. The number of thiazole rings is 4. The lowest BCUT2D eigenvalue weighted by Crippen LogP contribution is -2.15. The van der Waals surface area contributed by atoms with E-state index in [1.807, 2.05) is 24.3 Å². The smallest absolute Gasteiger partial charge is 0.151 e. The summed E-state index contributed by atoms with van der Waals surface area (Å²) in [4.78, 5) is 23.2. The second-order valence-corrected chi connectivity index (χ2v) is 25.4. The van der Waals surface area contributed by atoms with Crippen molar-refractivity contribution < 1.29 is 4.74 Å². The molecule has 16 aromatic rings. The van der Waals surface area contributed by atoms with Crippen molar-refractivity contribution in [2.24, 2.45) is 0 Å². The summed E-state index contributed by atoms with van der Waals surface area (Å²) in [6.07, 6.45) is 0. The van der Waals surface area contributed by atoms with Crippen LogP contribution < -0.4 is 9.64 Å². The Balaban J connectivity index is 0.975. The second-order valence-electron chi connectivity index (χ2n) is 21.3. The molecule has 0 N–H and O–H groups in total.